The summed E-state index contributed by atoms with van der Waals surface area (Å²) in [6.45, 7) is 0.650. The minimum atomic E-state index is -0.644. The molecule has 1 aromatic carbocycles. The maximum absolute atomic E-state index is 13.7. The first-order chi connectivity index (χ1) is 8.65. The van der Waals surface area contributed by atoms with Crippen LogP contribution in [0.5, 0.6) is 0 Å². The van der Waals surface area contributed by atoms with Gasteiger partial charge in [0.1, 0.15) is 5.69 Å². The van der Waals surface area contributed by atoms with Crippen LogP contribution in [0.15, 0.2) is 12.1 Å². The Morgan fingerprint density at radius 2 is 1.83 bits per heavy atom. The quantitative estimate of drug-likeness (QED) is 0.815. The molecule has 0 aromatic heterocycles. The van der Waals surface area contributed by atoms with Crippen molar-refractivity contribution in [1.82, 2.24) is 0 Å². The summed E-state index contributed by atoms with van der Waals surface area (Å²) in [7, 11) is 0. The Kier molecular flexibility index (Phi) is 2.86. The molecule has 3 rings (SSSR count). The van der Waals surface area contributed by atoms with Gasteiger partial charge >= 0.3 is 0 Å². The lowest BCUT2D eigenvalue weighted by Crippen LogP contribution is -2.31. The van der Waals surface area contributed by atoms with Gasteiger partial charge in [0, 0.05) is 12.3 Å². The van der Waals surface area contributed by atoms with Gasteiger partial charge in [-0.1, -0.05) is 0 Å². The molecule has 5 heteroatoms. The van der Waals surface area contributed by atoms with Gasteiger partial charge in [-0.2, -0.15) is 0 Å². The average molecular weight is 254 g/mol. The maximum Gasteiger partial charge on any atom is 0.151 e. The highest BCUT2D eigenvalue weighted by Crippen LogP contribution is 2.40. The second-order valence-electron chi connectivity index (χ2n) is 5.07. The Labute approximate surface area is 104 Å². The van der Waals surface area contributed by atoms with Crippen molar-refractivity contribution in [3.05, 3.63) is 23.8 Å². The summed E-state index contributed by atoms with van der Waals surface area (Å²) in [5.74, 6) is -0.743. The van der Waals surface area contributed by atoms with Crippen molar-refractivity contribution in [3.63, 3.8) is 0 Å². The summed E-state index contributed by atoms with van der Waals surface area (Å²) in [6, 6.07) is 2.26. The van der Waals surface area contributed by atoms with Crippen LogP contribution in [0.3, 0.4) is 0 Å². The van der Waals surface area contributed by atoms with Crippen molar-refractivity contribution < 1.29 is 13.5 Å². The summed E-state index contributed by atoms with van der Waals surface area (Å²) >= 11 is 0. The van der Waals surface area contributed by atoms with E-state index in [1.54, 1.807) is 0 Å². The van der Waals surface area contributed by atoms with E-state index in [2.05, 4.69) is 5.32 Å². The predicted octanol–water partition coefficient (Wildman–Crippen LogP) is 2.53. The summed E-state index contributed by atoms with van der Waals surface area (Å²) in [5, 5.41) is 2.95. The summed E-state index contributed by atoms with van der Waals surface area (Å²) in [6.07, 6.45) is 3.16. The third kappa shape index (κ3) is 2.14. The highest BCUT2D eigenvalue weighted by atomic mass is 19.1. The van der Waals surface area contributed by atoms with E-state index in [9.17, 15) is 8.78 Å². The molecule has 1 aromatic rings. The van der Waals surface area contributed by atoms with Gasteiger partial charge in [0.15, 0.2) is 11.6 Å². The summed E-state index contributed by atoms with van der Waals surface area (Å²) < 4.78 is 33.0. The number of halogens is 2. The second-order valence-corrected chi connectivity index (χ2v) is 5.07. The van der Waals surface area contributed by atoms with E-state index in [-0.39, 0.29) is 23.5 Å². The Hall–Kier alpha value is -1.36. The van der Waals surface area contributed by atoms with Crippen LogP contribution in [0.2, 0.25) is 0 Å². The first-order valence-corrected chi connectivity index (χ1v) is 6.28. The highest BCUT2D eigenvalue weighted by molar-refractivity contribution is 5.54. The van der Waals surface area contributed by atoms with Crippen LogP contribution >= 0.6 is 0 Å². The van der Waals surface area contributed by atoms with E-state index in [0.717, 1.165) is 31.4 Å². The monoisotopic (exact) mass is 254 g/mol. The summed E-state index contributed by atoms with van der Waals surface area (Å²) in [4.78, 5) is 0. The van der Waals surface area contributed by atoms with Crippen molar-refractivity contribution in [2.45, 2.75) is 31.4 Å². The normalized spacial score (nSPS) is 27.4. The third-order valence-electron chi connectivity index (χ3n) is 3.62. The number of hydrogen-bond acceptors (Lipinski definition) is 3. The topological polar surface area (TPSA) is 47.3 Å². The van der Waals surface area contributed by atoms with Gasteiger partial charge in [-0.05, 0) is 37.3 Å². The molecule has 1 saturated carbocycles. The van der Waals surface area contributed by atoms with E-state index in [1.165, 1.54) is 0 Å². The van der Waals surface area contributed by atoms with Crippen LogP contribution in [0, 0.1) is 17.6 Å². The minimum Gasteiger partial charge on any atom is -0.399 e. The number of benzene rings is 1. The van der Waals surface area contributed by atoms with E-state index in [4.69, 9.17) is 10.5 Å². The van der Waals surface area contributed by atoms with E-state index in [1.807, 2.05) is 0 Å². The SMILES string of the molecule is Nc1cc(F)c(NC2CCOC2C2CC2)c(F)c1. The minimum absolute atomic E-state index is 0.00914. The largest absolute Gasteiger partial charge is 0.399 e. The molecule has 1 saturated heterocycles. The van der Waals surface area contributed by atoms with Crippen LogP contribution in [0.4, 0.5) is 20.2 Å². The van der Waals surface area contributed by atoms with E-state index >= 15 is 0 Å². The predicted molar refractivity (Wildman–Crippen MR) is 65.3 cm³/mol. The van der Waals surface area contributed by atoms with Crippen LogP contribution in [-0.4, -0.2) is 18.8 Å². The third-order valence-corrected chi connectivity index (χ3v) is 3.62. The van der Waals surface area contributed by atoms with Crippen molar-refractivity contribution in [2.24, 2.45) is 5.92 Å². The first-order valence-electron chi connectivity index (χ1n) is 6.28. The van der Waals surface area contributed by atoms with Crippen LogP contribution in [0.1, 0.15) is 19.3 Å². The number of ether oxygens (including phenoxy) is 1. The molecule has 3 N–H and O–H groups in total. The number of hydrogen-bond donors (Lipinski definition) is 2. The fraction of sp³-hybridized carbons (Fsp3) is 0.538. The van der Waals surface area contributed by atoms with Crippen molar-refractivity contribution in [1.29, 1.82) is 0 Å². The second kappa shape index (κ2) is 4.39. The van der Waals surface area contributed by atoms with Gasteiger partial charge in [0.25, 0.3) is 0 Å². The molecule has 2 unspecified atom stereocenters. The number of rotatable bonds is 3. The Balaban J connectivity index is 1.79. The van der Waals surface area contributed by atoms with Gasteiger partial charge in [0.05, 0.1) is 12.1 Å². The van der Waals surface area contributed by atoms with Crippen molar-refractivity contribution in [3.8, 4) is 0 Å². The van der Waals surface area contributed by atoms with E-state index in [0.29, 0.717) is 12.5 Å². The zero-order valence-corrected chi connectivity index (χ0v) is 9.96. The zero-order chi connectivity index (χ0) is 12.7. The van der Waals surface area contributed by atoms with Gasteiger partial charge in [-0.15, -0.1) is 0 Å². The maximum atomic E-state index is 13.7. The summed E-state index contributed by atoms with van der Waals surface area (Å²) in [5.41, 5.74) is 5.39. The van der Waals surface area contributed by atoms with Crippen molar-refractivity contribution >= 4 is 11.4 Å². The molecule has 0 amide bonds. The lowest BCUT2D eigenvalue weighted by molar-refractivity contribution is 0.0897. The van der Waals surface area contributed by atoms with Crippen LogP contribution < -0.4 is 11.1 Å². The molecule has 2 aliphatic rings. The van der Waals surface area contributed by atoms with Crippen LogP contribution in [0.25, 0.3) is 0 Å². The lowest BCUT2D eigenvalue weighted by atomic mass is 10.1. The molecule has 0 bridgehead atoms. The molecule has 0 radical (unpaired) electrons. The Bertz CT molecular complexity index is 439. The Morgan fingerprint density at radius 3 is 2.44 bits per heavy atom. The smallest absolute Gasteiger partial charge is 0.151 e. The fourth-order valence-electron chi connectivity index (χ4n) is 2.57. The molecule has 18 heavy (non-hydrogen) atoms. The Morgan fingerprint density at radius 1 is 1.17 bits per heavy atom. The molecule has 98 valence electrons. The molecule has 1 heterocycles. The molecular weight excluding hydrogens is 238 g/mol. The fourth-order valence-corrected chi connectivity index (χ4v) is 2.57. The number of nitrogens with two attached hydrogens (primary N) is 1. The van der Waals surface area contributed by atoms with E-state index < -0.39 is 11.6 Å². The van der Waals surface area contributed by atoms with Crippen molar-refractivity contribution in [2.75, 3.05) is 17.7 Å². The van der Waals surface area contributed by atoms with Crippen LogP contribution in [-0.2, 0) is 4.74 Å². The molecule has 2 fully saturated rings. The number of nitrogens with one attached hydrogen (secondary N) is 1. The number of nitrogen functional groups attached to an aromatic ring is 1. The standard InChI is InChI=1S/C13H16F2N2O/c14-9-5-8(16)6-10(15)12(9)17-11-3-4-18-13(11)7-1-2-7/h5-7,11,13,17H,1-4,16H2. The molecule has 1 aliphatic carbocycles. The van der Waals surface area contributed by atoms with Gasteiger partial charge in [0.2, 0.25) is 0 Å². The lowest BCUT2D eigenvalue weighted by Gasteiger charge is -2.21. The molecular formula is C13H16F2N2O. The van der Waals surface area contributed by atoms with Gasteiger partial charge in [-0.25, -0.2) is 8.78 Å². The average Bonchev–Trinajstić information content (AvgIpc) is 3.04. The molecule has 1 aliphatic heterocycles. The van der Waals surface area contributed by atoms with Gasteiger partial charge in [-0.3, -0.25) is 0 Å². The molecule has 3 nitrogen and oxygen atoms in total. The number of anilines is 2. The molecule has 0 spiro atoms. The highest BCUT2D eigenvalue weighted by Gasteiger charge is 2.41. The first kappa shape index (κ1) is 11.7. The zero-order valence-electron chi connectivity index (χ0n) is 9.96. The molecule has 2 atom stereocenters. The van der Waals surface area contributed by atoms with Gasteiger partial charge < -0.3 is 15.8 Å².